The zero-order valence-corrected chi connectivity index (χ0v) is 13.0. The summed E-state index contributed by atoms with van der Waals surface area (Å²) in [4.78, 5) is 6.46. The fraction of sp³-hybridized carbons (Fsp3) is 0.267. The number of pyridine rings is 1. The van der Waals surface area contributed by atoms with Crippen LogP contribution < -0.4 is 10.2 Å². The van der Waals surface area contributed by atoms with Gasteiger partial charge in [0.2, 0.25) is 0 Å². The molecule has 0 bridgehead atoms. The van der Waals surface area contributed by atoms with Gasteiger partial charge in [-0.3, -0.25) is 0 Å². The van der Waals surface area contributed by atoms with E-state index in [9.17, 15) is 0 Å². The Kier molecular flexibility index (Phi) is 5.24. The smallest absolute Gasteiger partial charge is 0.128 e. The van der Waals surface area contributed by atoms with Crippen LogP contribution in [0.5, 0.6) is 0 Å². The van der Waals surface area contributed by atoms with Crippen LogP contribution in [0.15, 0.2) is 36.5 Å². The van der Waals surface area contributed by atoms with Crippen molar-refractivity contribution in [2.24, 2.45) is 0 Å². The lowest BCUT2D eigenvalue weighted by atomic mass is 10.2. The van der Waals surface area contributed by atoms with Crippen molar-refractivity contribution in [1.82, 2.24) is 10.3 Å². The molecule has 2 aromatic rings. The molecule has 0 fully saturated rings. The topological polar surface area (TPSA) is 28.2 Å². The van der Waals surface area contributed by atoms with Gasteiger partial charge in [-0.1, -0.05) is 35.3 Å². The third-order valence-corrected chi connectivity index (χ3v) is 3.60. The molecular formula is C15H17Cl2N3. The molecule has 0 aliphatic rings. The molecule has 0 saturated carbocycles. The van der Waals surface area contributed by atoms with Crippen LogP contribution in [0, 0.1) is 0 Å². The van der Waals surface area contributed by atoms with Gasteiger partial charge in [0.1, 0.15) is 5.82 Å². The lowest BCUT2D eigenvalue weighted by molar-refractivity contribution is 0.811. The van der Waals surface area contributed by atoms with E-state index in [0.717, 1.165) is 29.5 Å². The summed E-state index contributed by atoms with van der Waals surface area (Å²) in [7, 11) is 3.90. The standard InChI is InChI=1S/C15H17Cl2N3/c1-18-8-12-7-15(19-9-14(12)17)20(2)10-11-3-5-13(16)6-4-11/h3-7,9,18H,8,10H2,1-2H3. The Labute approximate surface area is 129 Å². The van der Waals surface area contributed by atoms with E-state index in [4.69, 9.17) is 23.2 Å². The van der Waals surface area contributed by atoms with E-state index in [-0.39, 0.29) is 0 Å². The molecule has 0 radical (unpaired) electrons. The minimum Gasteiger partial charge on any atom is -0.355 e. The first-order chi connectivity index (χ1) is 9.60. The third-order valence-electron chi connectivity index (χ3n) is 3.01. The highest BCUT2D eigenvalue weighted by atomic mass is 35.5. The lowest BCUT2D eigenvalue weighted by Gasteiger charge is -2.19. The van der Waals surface area contributed by atoms with Crippen molar-refractivity contribution in [3.05, 3.63) is 57.7 Å². The summed E-state index contributed by atoms with van der Waals surface area (Å²) >= 11 is 12.0. The predicted molar refractivity (Wildman–Crippen MR) is 85.6 cm³/mol. The Bertz CT molecular complexity index is 570. The zero-order valence-electron chi connectivity index (χ0n) is 11.5. The Balaban J connectivity index is 2.14. The van der Waals surface area contributed by atoms with Crippen molar-refractivity contribution in [2.75, 3.05) is 19.0 Å². The van der Waals surface area contributed by atoms with Gasteiger partial charge in [0, 0.05) is 31.4 Å². The Hall–Kier alpha value is -1.29. The number of rotatable bonds is 5. The summed E-state index contributed by atoms with van der Waals surface area (Å²) in [5.41, 5.74) is 2.23. The first-order valence-corrected chi connectivity index (χ1v) is 7.10. The number of nitrogens with one attached hydrogen (secondary N) is 1. The molecule has 0 aliphatic heterocycles. The van der Waals surface area contributed by atoms with Gasteiger partial charge >= 0.3 is 0 Å². The number of hydrogen-bond acceptors (Lipinski definition) is 3. The Morgan fingerprint density at radius 3 is 2.55 bits per heavy atom. The summed E-state index contributed by atoms with van der Waals surface area (Å²) in [6.07, 6.45) is 1.70. The van der Waals surface area contributed by atoms with Gasteiger partial charge in [-0.15, -0.1) is 0 Å². The van der Waals surface area contributed by atoms with E-state index >= 15 is 0 Å². The minimum atomic E-state index is 0.683. The van der Waals surface area contributed by atoms with Crippen molar-refractivity contribution in [3.63, 3.8) is 0 Å². The molecule has 0 atom stereocenters. The van der Waals surface area contributed by atoms with Gasteiger partial charge in [0.25, 0.3) is 0 Å². The quantitative estimate of drug-likeness (QED) is 0.912. The maximum absolute atomic E-state index is 6.12. The molecule has 1 N–H and O–H groups in total. The second-order valence-corrected chi connectivity index (χ2v) is 5.49. The minimum absolute atomic E-state index is 0.683. The Morgan fingerprint density at radius 2 is 1.90 bits per heavy atom. The number of anilines is 1. The molecule has 5 heteroatoms. The average Bonchev–Trinajstić information content (AvgIpc) is 2.44. The first-order valence-electron chi connectivity index (χ1n) is 6.34. The molecule has 0 spiro atoms. The number of benzene rings is 1. The monoisotopic (exact) mass is 309 g/mol. The van der Waals surface area contributed by atoms with Crippen molar-refractivity contribution in [1.29, 1.82) is 0 Å². The van der Waals surface area contributed by atoms with Crippen molar-refractivity contribution in [2.45, 2.75) is 13.1 Å². The van der Waals surface area contributed by atoms with Gasteiger partial charge in [-0.2, -0.15) is 0 Å². The molecule has 3 nitrogen and oxygen atoms in total. The van der Waals surface area contributed by atoms with Crippen LogP contribution in [0.4, 0.5) is 5.82 Å². The molecule has 0 unspecified atom stereocenters. The molecule has 2 rings (SSSR count). The van der Waals surface area contributed by atoms with E-state index in [0.29, 0.717) is 5.02 Å². The summed E-state index contributed by atoms with van der Waals surface area (Å²) in [6, 6.07) is 9.83. The fourth-order valence-electron chi connectivity index (χ4n) is 1.95. The highest BCUT2D eigenvalue weighted by Crippen LogP contribution is 2.21. The van der Waals surface area contributed by atoms with Gasteiger partial charge in [0.15, 0.2) is 0 Å². The second-order valence-electron chi connectivity index (χ2n) is 4.65. The van der Waals surface area contributed by atoms with Gasteiger partial charge in [0.05, 0.1) is 5.02 Å². The number of nitrogens with zero attached hydrogens (tertiary/aromatic N) is 2. The van der Waals surface area contributed by atoms with Crippen molar-refractivity contribution >= 4 is 29.0 Å². The molecule has 20 heavy (non-hydrogen) atoms. The van der Waals surface area contributed by atoms with Crippen LogP contribution in [0.1, 0.15) is 11.1 Å². The maximum Gasteiger partial charge on any atom is 0.128 e. The van der Waals surface area contributed by atoms with E-state index in [1.165, 1.54) is 5.56 Å². The Morgan fingerprint density at radius 1 is 1.20 bits per heavy atom. The molecule has 0 aliphatic carbocycles. The highest BCUT2D eigenvalue weighted by molar-refractivity contribution is 6.31. The number of aromatic nitrogens is 1. The van der Waals surface area contributed by atoms with E-state index in [1.54, 1.807) is 6.20 Å². The molecule has 1 aromatic heterocycles. The van der Waals surface area contributed by atoms with Crippen LogP contribution in [0.3, 0.4) is 0 Å². The third kappa shape index (κ3) is 3.85. The van der Waals surface area contributed by atoms with Crippen LogP contribution in [0.25, 0.3) is 0 Å². The molecule has 1 aromatic carbocycles. The van der Waals surface area contributed by atoms with Gasteiger partial charge in [-0.25, -0.2) is 4.98 Å². The number of halogens is 2. The maximum atomic E-state index is 6.12. The number of hydrogen-bond donors (Lipinski definition) is 1. The molecule has 106 valence electrons. The van der Waals surface area contributed by atoms with Crippen LogP contribution in [0.2, 0.25) is 10.0 Å². The van der Waals surface area contributed by atoms with Crippen LogP contribution in [-0.4, -0.2) is 19.1 Å². The summed E-state index contributed by atoms with van der Waals surface area (Å²) < 4.78 is 0. The van der Waals surface area contributed by atoms with Crippen molar-refractivity contribution < 1.29 is 0 Å². The van der Waals surface area contributed by atoms with E-state index in [1.807, 2.05) is 44.4 Å². The molecular weight excluding hydrogens is 293 g/mol. The van der Waals surface area contributed by atoms with Gasteiger partial charge in [-0.05, 0) is 36.4 Å². The largest absolute Gasteiger partial charge is 0.355 e. The second kappa shape index (κ2) is 6.93. The van der Waals surface area contributed by atoms with Crippen molar-refractivity contribution in [3.8, 4) is 0 Å². The predicted octanol–water partition coefficient (Wildman–Crippen LogP) is 3.74. The summed E-state index contributed by atoms with van der Waals surface area (Å²) in [5, 5.41) is 4.53. The summed E-state index contributed by atoms with van der Waals surface area (Å²) in [5.74, 6) is 0.898. The molecule has 0 saturated heterocycles. The van der Waals surface area contributed by atoms with E-state index < -0.39 is 0 Å². The van der Waals surface area contributed by atoms with E-state index in [2.05, 4.69) is 15.2 Å². The highest BCUT2D eigenvalue weighted by Gasteiger charge is 2.07. The molecule has 0 amide bonds. The SMILES string of the molecule is CNCc1cc(N(C)Cc2ccc(Cl)cc2)ncc1Cl. The fourth-order valence-corrected chi connectivity index (χ4v) is 2.24. The van der Waals surface area contributed by atoms with Crippen LogP contribution >= 0.6 is 23.2 Å². The van der Waals surface area contributed by atoms with Crippen LogP contribution in [-0.2, 0) is 13.1 Å². The van der Waals surface area contributed by atoms with Gasteiger partial charge < -0.3 is 10.2 Å². The molecule has 1 heterocycles. The lowest BCUT2D eigenvalue weighted by Crippen LogP contribution is -2.18. The summed E-state index contributed by atoms with van der Waals surface area (Å²) in [6.45, 7) is 1.49. The zero-order chi connectivity index (χ0) is 14.5. The first kappa shape index (κ1) is 15.1. The normalized spacial score (nSPS) is 10.6. The average molecular weight is 310 g/mol.